The Morgan fingerprint density at radius 3 is 2.28 bits per heavy atom. The number of aromatic hydroxyl groups is 1. The molecule has 6 N–H and O–H groups in total. The van der Waals surface area contributed by atoms with Crippen molar-refractivity contribution < 1.29 is 49.6 Å². The Kier molecular flexibility index (Phi) is 7.33. The highest BCUT2D eigenvalue weighted by Gasteiger charge is 2.44. The van der Waals surface area contributed by atoms with Gasteiger partial charge in [0.25, 0.3) is 0 Å². The van der Waals surface area contributed by atoms with Crippen molar-refractivity contribution in [2.45, 2.75) is 30.7 Å². The molecule has 2 aromatic rings. The van der Waals surface area contributed by atoms with Crippen LogP contribution in [0.4, 0.5) is 0 Å². The summed E-state index contributed by atoms with van der Waals surface area (Å²) in [5, 5.41) is 59.3. The lowest BCUT2D eigenvalue weighted by Crippen LogP contribution is -2.60. The highest BCUT2D eigenvalue weighted by atomic mass is 16.7. The van der Waals surface area contributed by atoms with E-state index in [1.54, 1.807) is 24.3 Å². The van der Waals surface area contributed by atoms with Crippen molar-refractivity contribution in [3.05, 3.63) is 59.7 Å². The third-order valence-corrected chi connectivity index (χ3v) is 4.99. The lowest BCUT2D eigenvalue weighted by molar-refractivity contribution is -0.277. The van der Waals surface area contributed by atoms with Crippen LogP contribution in [0.3, 0.4) is 0 Å². The summed E-state index contributed by atoms with van der Waals surface area (Å²) in [6.07, 6.45) is -6.42. The van der Waals surface area contributed by atoms with Crippen LogP contribution < -0.4 is 9.47 Å². The standard InChI is InChI=1S/C22H24O10/c1-30-12-4-2-11(3-5-12)15(24)9-17(26)14-7-6-13(8-16(14)25)31-22-21(29)20(28)19(27)18(10-23)32-22/h2-9,18-25,27-29H,10H2,1H3/b15-9-/t18-,19-,20+,21-,22-/m1/s1. The van der Waals surface area contributed by atoms with Gasteiger partial charge in [0.2, 0.25) is 6.29 Å². The van der Waals surface area contributed by atoms with Crippen molar-refractivity contribution in [3.63, 3.8) is 0 Å². The highest BCUT2D eigenvalue weighted by molar-refractivity contribution is 6.09. The van der Waals surface area contributed by atoms with E-state index >= 15 is 0 Å². The molecule has 0 aromatic heterocycles. The van der Waals surface area contributed by atoms with Crippen LogP contribution in [-0.2, 0) is 4.74 Å². The summed E-state index contributed by atoms with van der Waals surface area (Å²) < 4.78 is 15.7. The molecule has 0 amide bonds. The number of phenols is 1. The van der Waals surface area contributed by atoms with Gasteiger partial charge in [-0.15, -0.1) is 0 Å². The fourth-order valence-corrected chi connectivity index (χ4v) is 3.14. The average molecular weight is 448 g/mol. The number of methoxy groups -OCH3 is 1. The van der Waals surface area contributed by atoms with Gasteiger partial charge in [0.05, 0.1) is 19.3 Å². The van der Waals surface area contributed by atoms with E-state index in [0.717, 1.165) is 12.1 Å². The molecule has 1 aliphatic rings. The van der Waals surface area contributed by atoms with Gasteiger partial charge in [-0.1, -0.05) is 0 Å². The maximum atomic E-state index is 12.5. The number of hydrogen-bond acceptors (Lipinski definition) is 10. The second-order valence-electron chi connectivity index (χ2n) is 7.12. The van der Waals surface area contributed by atoms with E-state index < -0.39 is 48.8 Å². The fraction of sp³-hybridized carbons (Fsp3) is 0.318. The summed E-state index contributed by atoms with van der Waals surface area (Å²) >= 11 is 0. The number of hydrogen-bond donors (Lipinski definition) is 6. The van der Waals surface area contributed by atoms with Gasteiger partial charge >= 0.3 is 0 Å². The molecule has 0 radical (unpaired) electrons. The molecule has 1 heterocycles. The molecule has 1 fully saturated rings. The van der Waals surface area contributed by atoms with Crippen molar-refractivity contribution in [2.75, 3.05) is 13.7 Å². The number of benzene rings is 2. The van der Waals surface area contributed by atoms with E-state index in [-0.39, 0.29) is 17.1 Å². The summed E-state index contributed by atoms with van der Waals surface area (Å²) in [5.41, 5.74) is 0.257. The molecule has 10 nitrogen and oxygen atoms in total. The van der Waals surface area contributed by atoms with Crippen molar-refractivity contribution in [3.8, 4) is 17.2 Å². The van der Waals surface area contributed by atoms with Gasteiger partial charge in [0.1, 0.15) is 47.4 Å². The molecule has 1 saturated heterocycles. The first-order valence-corrected chi connectivity index (χ1v) is 9.64. The van der Waals surface area contributed by atoms with Crippen LogP contribution in [-0.4, -0.2) is 80.8 Å². The minimum absolute atomic E-state index is 0.00765. The van der Waals surface area contributed by atoms with Crippen molar-refractivity contribution in [1.29, 1.82) is 0 Å². The maximum Gasteiger partial charge on any atom is 0.229 e. The summed E-state index contributed by atoms with van der Waals surface area (Å²) in [6.45, 7) is -0.618. The Hall–Kier alpha value is -3.15. The molecule has 0 unspecified atom stereocenters. The van der Waals surface area contributed by atoms with E-state index in [1.165, 1.54) is 19.2 Å². The molecule has 172 valence electrons. The number of allylic oxidation sites excluding steroid dienone is 1. The average Bonchev–Trinajstić information content (AvgIpc) is 2.79. The van der Waals surface area contributed by atoms with Gasteiger partial charge in [0.15, 0.2) is 5.78 Å². The highest BCUT2D eigenvalue weighted by Crippen LogP contribution is 2.29. The molecule has 32 heavy (non-hydrogen) atoms. The largest absolute Gasteiger partial charge is 0.507 e. The molecule has 10 heteroatoms. The van der Waals surface area contributed by atoms with Gasteiger partial charge in [0, 0.05) is 17.7 Å². The van der Waals surface area contributed by atoms with Gasteiger partial charge < -0.3 is 44.8 Å². The van der Waals surface area contributed by atoms with Crippen LogP contribution in [0.2, 0.25) is 0 Å². The number of carbonyl (C=O) groups excluding carboxylic acids is 1. The molecular formula is C22H24O10. The first-order chi connectivity index (χ1) is 15.2. The number of ketones is 1. The topological polar surface area (TPSA) is 166 Å². The molecule has 2 aromatic carbocycles. The van der Waals surface area contributed by atoms with Gasteiger partial charge in [-0.05, 0) is 36.4 Å². The summed E-state index contributed by atoms with van der Waals surface area (Å²) in [4.78, 5) is 12.5. The fourth-order valence-electron chi connectivity index (χ4n) is 3.14. The number of rotatable bonds is 7. The molecule has 5 atom stereocenters. The van der Waals surface area contributed by atoms with Crippen LogP contribution in [0.15, 0.2) is 48.5 Å². The Morgan fingerprint density at radius 1 is 1.03 bits per heavy atom. The number of aliphatic hydroxyl groups excluding tert-OH is 5. The second-order valence-corrected chi connectivity index (χ2v) is 7.12. The predicted molar refractivity (Wildman–Crippen MR) is 110 cm³/mol. The third-order valence-electron chi connectivity index (χ3n) is 4.99. The van der Waals surface area contributed by atoms with Crippen molar-refractivity contribution >= 4 is 11.5 Å². The molecule has 0 spiro atoms. The zero-order valence-electron chi connectivity index (χ0n) is 17.0. The summed E-state index contributed by atoms with van der Waals surface area (Å²) in [6, 6.07) is 10.0. The zero-order valence-corrected chi connectivity index (χ0v) is 17.0. The van der Waals surface area contributed by atoms with Gasteiger partial charge in [-0.25, -0.2) is 0 Å². The summed E-state index contributed by atoms with van der Waals surface area (Å²) in [5.74, 6) is -0.864. The monoisotopic (exact) mass is 448 g/mol. The molecular weight excluding hydrogens is 424 g/mol. The Labute approximate surface area is 183 Å². The molecule has 0 aliphatic carbocycles. The summed E-state index contributed by atoms with van der Waals surface area (Å²) in [7, 11) is 1.50. The molecule has 1 aliphatic heterocycles. The van der Waals surface area contributed by atoms with Crippen molar-refractivity contribution in [1.82, 2.24) is 0 Å². The second kappa shape index (κ2) is 9.98. The number of ether oxygens (including phenoxy) is 3. The maximum absolute atomic E-state index is 12.5. The number of phenolic OH excluding ortho intramolecular Hbond substituents is 1. The Bertz CT molecular complexity index is 969. The van der Waals surface area contributed by atoms with Crippen LogP contribution in [0.5, 0.6) is 17.2 Å². The molecule has 3 rings (SSSR count). The van der Waals surface area contributed by atoms with E-state index in [0.29, 0.717) is 11.3 Å². The minimum Gasteiger partial charge on any atom is -0.507 e. The first kappa shape index (κ1) is 23.5. The van der Waals surface area contributed by atoms with E-state index in [1.807, 2.05) is 0 Å². The zero-order chi connectivity index (χ0) is 23.4. The predicted octanol–water partition coefficient (Wildman–Crippen LogP) is 0.361. The lowest BCUT2D eigenvalue weighted by atomic mass is 9.99. The van der Waals surface area contributed by atoms with Crippen LogP contribution in [0, 0.1) is 0 Å². The Balaban J connectivity index is 1.73. The lowest BCUT2D eigenvalue weighted by Gasteiger charge is -2.39. The van der Waals surface area contributed by atoms with E-state index in [9.17, 15) is 35.4 Å². The van der Waals surface area contributed by atoms with Crippen LogP contribution in [0.1, 0.15) is 15.9 Å². The smallest absolute Gasteiger partial charge is 0.229 e. The molecule has 0 bridgehead atoms. The first-order valence-electron chi connectivity index (χ1n) is 9.64. The number of aliphatic hydroxyl groups is 5. The van der Waals surface area contributed by atoms with Gasteiger partial charge in [-0.2, -0.15) is 0 Å². The van der Waals surface area contributed by atoms with Crippen LogP contribution >= 0.6 is 0 Å². The third kappa shape index (κ3) is 5.01. The quantitative estimate of drug-likeness (QED) is 0.198. The number of carbonyl (C=O) groups is 1. The minimum atomic E-state index is -1.62. The molecule has 0 saturated carbocycles. The van der Waals surface area contributed by atoms with E-state index in [2.05, 4.69) is 0 Å². The van der Waals surface area contributed by atoms with Crippen LogP contribution in [0.25, 0.3) is 5.76 Å². The van der Waals surface area contributed by atoms with Crippen molar-refractivity contribution in [2.24, 2.45) is 0 Å². The van der Waals surface area contributed by atoms with E-state index in [4.69, 9.17) is 14.2 Å². The normalized spacial score (nSPS) is 25.9. The SMILES string of the molecule is COc1ccc(/C(O)=C/C(=O)c2ccc(O[C@@H]3O[C@H](CO)[C@@H](O)[C@H](O)[C@H]3O)cc2O)cc1. The van der Waals surface area contributed by atoms with Gasteiger partial charge in [-0.3, -0.25) is 4.79 Å². The Morgan fingerprint density at radius 2 is 1.69 bits per heavy atom.